The molecule has 0 amide bonds. The summed E-state index contributed by atoms with van der Waals surface area (Å²) in [6, 6.07) is 19.7. The molecule has 4 aromatic rings. The smallest absolute Gasteiger partial charge is 0.744 e. The zero-order valence-electron chi connectivity index (χ0n) is 61.2. The summed E-state index contributed by atoms with van der Waals surface area (Å²) >= 11 is 0. The van der Waals surface area contributed by atoms with Gasteiger partial charge in [0, 0.05) is 0 Å². The second kappa shape index (κ2) is 59.6. The molecule has 528 valence electrons. The number of hydrogen-bond donors (Lipinski definition) is 0. The number of fused-ring (bicyclic) bond motifs is 2. The van der Waals surface area contributed by atoms with Crippen molar-refractivity contribution in [3.05, 3.63) is 82.9 Å². The first-order valence-electron chi connectivity index (χ1n) is 39.9. The number of aryl methyl sites for hydroxylation is 4. The average molecular weight is 1450 g/mol. The summed E-state index contributed by atoms with van der Waals surface area (Å²) in [7, 11) is -8.98. The Kier molecular flexibility index (Phi) is 56.4. The summed E-state index contributed by atoms with van der Waals surface area (Å²) in [5.41, 5.74) is 4.09. The summed E-state index contributed by atoms with van der Waals surface area (Å²) < 4.78 is 72.7. The van der Waals surface area contributed by atoms with Crippen LogP contribution in [-0.4, -0.2) is 74.8 Å². The van der Waals surface area contributed by atoms with Crippen molar-refractivity contribution in [3.63, 3.8) is 0 Å². The van der Waals surface area contributed by atoms with Crippen molar-refractivity contribution in [1.82, 2.24) is 0 Å². The predicted molar refractivity (Wildman–Crippen MR) is 406 cm³/mol. The zero-order valence-corrected chi connectivity index (χ0v) is 67.2. The van der Waals surface area contributed by atoms with Crippen LogP contribution in [0.2, 0.25) is 0 Å². The molecule has 0 saturated carbocycles. The van der Waals surface area contributed by atoms with Gasteiger partial charge in [0.2, 0.25) is 0 Å². The zero-order chi connectivity index (χ0) is 66.3. The van der Waals surface area contributed by atoms with E-state index < -0.39 is 20.2 Å². The molecule has 93 heavy (non-hydrogen) atoms. The summed E-state index contributed by atoms with van der Waals surface area (Å²) in [6.07, 6.45) is 78.0. The Morgan fingerprint density at radius 1 is 0.237 bits per heavy atom. The van der Waals surface area contributed by atoms with Crippen LogP contribution in [0.1, 0.15) is 410 Å². The van der Waals surface area contributed by atoms with Crippen molar-refractivity contribution in [1.29, 1.82) is 0 Å². The second-order valence-electron chi connectivity index (χ2n) is 28.5. The third-order valence-corrected chi connectivity index (χ3v) is 21.9. The van der Waals surface area contributed by atoms with Crippen molar-refractivity contribution < 1.29 is 25.9 Å². The maximum absolute atomic E-state index is 12.1. The van der Waals surface area contributed by atoms with Gasteiger partial charge >= 0.3 is 48.9 Å². The van der Waals surface area contributed by atoms with Crippen LogP contribution in [0.5, 0.6) is 0 Å². The molecule has 0 N–H and O–H groups in total. The van der Waals surface area contributed by atoms with Gasteiger partial charge in [-0.3, -0.25) is 0 Å². The summed E-state index contributed by atoms with van der Waals surface area (Å²) in [4.78, 5) is -0.0381. The summed E-state index contributed by atoms with van der Waals surface area (Å²) in [5, 5.41) is 4.01. The fourth-order valence-electron chi connectivity index (χ4n) is 14.2. The van der Waals surface area contributed by atoms with Crippen molar-refractivity contribution in [2.75, 3.05) is 0 Å². The normalized spacial score (nSPS) is 11.8. The molecular weight excluding hydrogens is 1310 g/mol. The van der Waals surface area contributed by atoms with E-state index in [1.807, 2.05) is 12.1 Å². The maximum atomic E-state index is 12.1. The molecule has 0 aliphatic rings. The molecule has 0 saturated heterocycles. The van der Waals surface area contributed by atoms with E-state index in [1.54, 1.807) is 12.1 Å². The first-order valence-corrected chi connectivity index (χ1v) is 42.8. The average Bonchev–Trinajstić information content (AvgIpc) is 0.834. The van der Waals surface area contributed by atoms with E-state index in [2.05, 4.69) is 64.1 Å². The monoisotopic (exact) mass is 1450 g/mol. The van der Waals surface area contributed by atoms with E-state index in [4.69, 9.17) is 0 Å². The Hall–Kier alpha value is -1.21. The minimum atomic E-state index is -4.49. The standard InChI is InChI=1S/2C42H72O3S.Ba/c2*1-3-5-7-9-11-13-15-17-19-21-23-25-27-29-31-38-33-35-40-39(37-38)34-36-42(46(43,44)45)41(40)32-30-28-26-24-22-20-18-16-14-12-10-8-6-4-2;/h2*33-37H,3-32H2,1-2H3,(H,43,44,45);/q;;+2/p-2. The first kappa shape index (κ1) is 87.9. The maximum Gasteiger partial charge on any atom is 2.00 e. The van der Waals surface area contributed by atoms with Gasteiger partial charge in [-0.1, -0.05) is 410 Å². The molecule has 0 aliphatic carbocycles. The van der Waals surface area contributed by atoms with E-state index in [0.29, 0.717) is 12.8 Å². The molecule has 0 bridgehead atoms. The number of unbranched alkanes of at least 4 members (excludes halogenated alkanes) is 52. The van der Waals surface area contributed by atoms with Gasteiger partial charge < -0.3 is 9.11 Å². The van der Waals surface area contributed by atoms with Crippen LogP contribution in [0.25, 0.3) is 21.5 Å². The van der Waals surface area contributed by atoms with E-state index >= 15 is 0 Å². The molecule has 0 spiro atoms. The van der Waals surface area contributed by atoms with Crippen LogP contribution in [0, 0.1) is 0 Å². The Morgan fingerprint density at radius 2 is 0.419 bits per heavy atom. The Labute approximate surface area is 616 Å². The molecule has 6 nitrogen and oxygen atoms in total. The van der Waals surface area contributed by atoms with Gasteiger partial charge in [0.1, 0.15) is 20.2 Å². The predicted octanol–water partition coefficient (Wildman–Crippen LogP) is 27.2. The van der Waals surface area contributed by atoms with Gasteiger partial charge in [-0.25, -0.2) is 16.8 Å². The third-order valence-electron chi connectivity index (χ3n) is 20.0. The third kappa shape index (κ3) is 44.5. The van der Waals surface area contributed by atoms with Gasteiger partial charge in [0.15, 0.2) is 0 Å². The molecule has 0 heterocycles. The van der Waals surface area contributed by atoms with Crippen molar-refractivity contribution >= 4 is 90.7 Å². The van der Waals surface area contributed by atoms with E-state index in [-0.39, 0.29) is 58.7 Å². The fourth-order valence-corrected chi connectivity index (χ4v) is 15.7. The minimum absolute atomic E-state index is 0. The van der Waals surface area contributed by atoms with Gasteiger partial charge in [0.25, 0.3) is 0 Å². The summed E-state index contributed by atoms with van der Waals surface area (Å²) in [6.45, 7) is 9.11. The second-order valence-corrected chi connectivity index (χ2v) is 31.2. The van der Waals surface area contributed by atoms with E-state index in [1.165, 1.54) is 345 Å². The van der Waals surface area contributed by atoms with Crippen molar-refractivity contribution in [3.8, 4) is 0 Å². The van der Waals surface area contributed by atoms with Gasteiger partial charge in [-0.05, 0) is 107 Å². The molecule has 4 aromatic carbocycles. The Balaban J connectivity index is 0.000000627. The molecule has 0 aliphatic heterocycles. The fraction of sp³-hybridized carbons (Fsp3) is 0.762. The largest absolute Gasteiger partial charge is 2.00 e. The van der Waals surface area contributed by atoms with Gasteiger partial charge in [-0.15, -0.1) is 0 Å². The Bertz CT molecular complexity index is 2430. The molecule has 9 heteroatoms. The van der Waals surface area contributed by atoms with Crippen LogP contribution in [0.3, 0.4) is 0 Å². The molecule has 0 radical (unpaired) electrons. The first-order chi connectivity index (χ1) is 44.9. The van der Waals surface area contributed by atoms with Crippen molar-refractivity contribution in [2.24, 2.45) is 0 Å². The van der Waals surface area contributed by atoms with Crippen LogP contribution in [-0.2, 0) is 45.9 Å². The van der Waals surface area contributed by atoms with E-state index in [9.17, 15) is 25.9 Å². The van der Waals surface area contributed by atoms with Crippen molar-refractivity contribution in [2.45, 2.75) is 423 Å². The van der Waals surface area contributed by atoms with Gasteiger partial charge in [-0.2, -0.15) is 0 Å². The molecule has 0 aromatic heterocycles. The Morgan fingerprint density at radius 3 is 0.613 bits per heavy atom. The SMILES string of the molecule is CCCCCCCCCCCCCCCCc1ccc2c(CCCCCCCCCCCCCCCC)c(S(=O)(=O)[O-])ccc2c1.CCCCCCCCCCCCCCCCc1ccc2c(CCCCCCCCCCCCCCCC)c(S(=O)(=O)[O-])ccc2c1.[Ba+2]. The molecule has 0 unspecified atom stereocenters. The quantitative estimate of drug-likeness (QED) is 0.0247. The van der Waals surface area contributed by atoms with Crippen LogP contribution in [0.4, 0.5) is 0 Å². The molecule has 0 fully saturated rings. The van der Waals surface area contributed by atoms with Crippen LogP contribution < -0.4 is 0 Å². The van der Waals surface area contributed by atoms with Crippen LogP contribution >= 0.6 is 0 Å². The minimum Gasteiger partial charge on any atom is -0.744 e. The number of hydrogen-bond acceptors (Lipinski definition) is 6. The number of benzene rings is 4. The molecule has 4 rings (SSSR count). The van der Waals surface area contributed by atoms with Crippen LogP contribution in [0.15, 0.2) is 70.5 Å². The molecular formula is C84H142BaO6S2. The van der Waals surface area contributed by atoms with E-state index in [0.717, 1.165) is 71.2 Å². The summed E-state index contributed by atoms with van der Waals surface area (Å²) in [5.74, 6) is 0. The molecule has 0 atom stereocenters. The van der Waals surface area contributed by atoms with Gasteiger partial charge in [0.05, 0.1) is 9.79 Å². The topological polar surface area (TPSA) is 114 Å². The number of rotatable bonds is 62.